The first-order valence-electron chi connectivity index (χ1n) is 9.85. The molecule has 0 spiro atoms. The van der Waals surface area contributed by atoms with Crippen molar-refractivity contribution >= 4 is 11.8 Å². The number of aliphatic hydroxyl groups is 1. The van der Waals surface area contributed by atoms with Crippen molar-refractivity contribution < 1.29 is 19.8 Å². The molecule has 138 valence electrons. The van der Waals surface area contributed by atoms with Crippen molar-refractivity contribution in [2.75, 3.05) is 0 Å². The summed E-state index contributed by atoms with van der Waals surface area (Å²) in [5, 5.41) is 19.9. The second-order valence-corrected chi connectivity index (χ2v) is 9.65. The molecule has 4 rings (SSSR count). The van der Waals surface area contributed by atoms with E-state index in [0.717, 1.165) is 38.5 Å². The number of allylic oxidation sites excluding steroid dienone is 1. The largest absolute Gasteiger partial charge is 0.481 e. The van der Waals surface area contributed by atoms with E-state index in [-0.39, 0.29) is 17.3 Å². The molecule has 4 nitrogen and oxygen atoms in total. The molecule has 0 bridgehead atoms. The molecule has 0 aromatic carbocycles. The van der Waals surface area contributed by atoms with E-state index < -0.39 is 11.6 Å². The number of fused-ring (bicyclic) bond motifs is 5. The van der Waals surface area contributed by atoms with Gasteiger partial charge in [-0.05, 0) is 68.1 Å². The van der Waals surface area contributed by atoms with E-state index in [9.17, 15) is 14.7 Å². The number of carboxylic acids is 1. The average molecular weight is 346 g/mol. The Hall–Kier alpha value is -1.16. The molecule has 0 aromatic rings. The van der Waals surface area contributed by atoms with Crippen LogP contribution in [0.3, 0.4) is 0 Å². The van der Waals surface area contributed by atoms with Crippen LogP contribution in [-0.4, -0.2) is 27.6 Å². The highest BCUT2D eigenvalue weighted by molar-refractivity contribution is 5.87. The number of carboxylic acid groups (broad SMARTS) is 1. The van der Waals surface area contributed by atoms with Gasteiger partial charge in [0.1, 0.15) is 5.78 Å². The minimum absolute atomic E-state index is 0.0701. The van der Waals surface area contributed by atoms with E-state index in [1.54, 1.807) is 0 Å². The van der Waals surface area contributed by atoms with E-state index in [1.807, 2.05) is 0 Å². The summed E-state index contributed by atoms with van der Waals surface area (Å²) in [4.78, 5) is 23.6. The second kappa shape index (κ2) is 5.42. The molecule has 3 saturated carbocycles. The zero-order valence-corrected chi connectivity index (χ0v) is 15.4. The summed E-state index contributed by atoms with van der Waals surface area (Å²) in [5.74, 6) is 1.21. The number of Topliss-reactive ketones (excluding diaryl/α,β-unsaturated/α-hetero) is 1. The van der Waals surface area contributed by atoms with Gasteiger partial charge in [0.05, 0.1) is 12.0 Å². The third kappa shape index (κ3) is 2.43. The van der Waals surface area contributed by atoms with Crippen LogP contribution in [0.2, 0.25) is 0 Å². The molecule has 4 heteroatoms. The van der Waals surface area contributed by atoms with E-state index in [1.165, 1.54) is 5.57 Å². The normalized spacial score (nSPS) is 49.0. The van der Waals surface area contributed by atoms with Crippen LogP contribution in [0.1, 0.15) is 71.6 Å². The highest BCUT2D eigenvalue weighted by Crippen LogP contribution is 2.64. The van der Waals surface area contributed by atoms with E-state index >= 15 is 0 Å². The highest BCUT2D eigenvalue weighted by Gasteiger charge is 2.59. The molecule has 4 aliphatic rings. The van der Waals surface area contributed by atoms with Crippen molar-refractivity contribution in [1.82, 2.24) is 0 Å². The Morgan fingerprint density at radius 2 is 1.88 bits per heavy atom. The van der Waals surface area contributed by atoms with Crippen molar-refractivity contribution in [1.29, 1.82) is 0 Å². The van der Waals surface area contributed by atoms with Gasteiger partial charge in [0.15, 0.2) is 0 Å². The Morgan fingerprint density at radius 3 is 2.60 bits per heavy atom. The van der Waals surface area contributed by atoms with Crippen LogP contribution in [0.25, 0.3) is 0 Å². The number of ketones is 1. The lowest BCUT2D eigenvalue weighted by molar-refractivity contribution is -0.145. The third-order valence-corrected chi connectivity index (χ3v) is 8.44. The van der Waals surface area contributed by atoms with Crippen LogP contribution in [0.4, 0.5) is 0 Å². The minimum Gasteiger partial charge on any atom is -0.481 e. The lowest BCUT2D eigenvalue weighted by Crippen LogP contribution is -2.52. The molecule has 0 aromatic heterocycles. The van der Waals surface area contributed by atoms with E-state index in [0.29, 0.717) is 36.4 Å². The van der Waals surface area contributed by atoms with Crippen molar-refractivity contribution in [3.63, 3.8) is 0 Å². The molecule has 0 unspecified atom stereocenters. The number of hydrogen-bond acceptors (Lipinski definition) is 3. The third-order valence-electron chi connectivity index (χ3n) is 8.44. The van der Waals surface area contributed by atoms with E-state index in [4.69, 9.17) is 5.11 Å². The molecule has 25 heavy (non-hydrogen) atoms. The van der Waals surface area contributed by atoms with Crippen LogP contribution < -0.4 is 0 Å². The van der Waals surface area contributed by atoms with Gasteiger partial charge in [-0.3, -0.25) is 9.59 Å². The summed E-state index contributed by atoms with van der Waals surface area (Å²) < 4.78 is 0. The van der Waals surface area contributed by atoms with Crippen LogP contribution in [0, 0.1) is 28.6 Å². The van der Waals surface area contributed by atoms with Crippen LogP contribution in [0.15, 0.2) is 11.6 Å². The van der Waals surface area contributed by atoms with Gasteiger partial charge < -0.3 is 10.2 Å². The molecule has 4 aliphatic carbocycles. The molecular formula is C21H30O4. The summed E-state index contributed by atoms with van der Waals surface area (Å²) >= 11 is 0. The Balaban J connectivity index is 1.62. The van der Waals surface area contributed by atoms with Gasteiger partial charge in [0.2, 0.25) is 0 Å². The number of carbonyl (C=O) groups excluding carboxylic acids is 1. The fourth-order valence-electron chi connectivity index (χ4n) is 6.92. The fourth-order valence-corrected chi connectivity index (χ4v) is 6.92. The van der Waals surface area contributed by atoms with Gasteiger partial charge in [-0.1, -0.05) is 25.5 Å². The first-order valence-corrected chi connectivity index (χ1v) is 9.85. The summed E-state index contributed by atoms with van der Waals surface area (Å²) in [6, 6.07) is 0. The molecule has 3 fully saturated rings. The molecule has 0 heterocycles. The molecule has 6 atom stereocenters. The predicted octanol–water partition coefficient (Wildman–Crippen LogP) is 3.72. The number of aliphatic carboxylic acids is 1. The maximum absolute atomic E-state index is 12.5. The monoisotopic (exact) mass is 346 g/mol. The average Bonchev–Trinajstić information content (AvgIpc) is 2.83. The second-order valence-electron chi connectivity index (χ2n) is 9.65. The van der Waals surface area contributed by atoms with Gasteiger partial charge in [-0.2, -0.15) is 0 Å². The van der Waals surface area contributed by atoms with Gasteiger partial charge >= 0.3 is 5.97 Å². The lowest BCUT2D eigenvalue weighted by atomic mass is 9.47. The molecule has 0 saturated heterocycles. The molecule has 0 amide bonds. The van der Waals surface area contributed by atoms with Crippen molar-refractivity contribution in [2.24, 2.45) is 28.6 Å². The molecule has 0 aliphatic heterocycles. The number of hydrogen-bond donors (Lipinski definition) is 2. The maximum atomic E-state index is 12.5. The first kappa shape index (κ1) is 17.3. The smallest absolute Gasteiger partial charge is 0.306 e. The summed E-state index contributed by atoms with van der Waals surface area (Å²) in [6.07, 6.45) is 8.93. The zero-order chi connectivity index (χ0) is 18.0. The molecule has 2 N–H and O–H groups in total. The van der Waals surface area contributed by atoms with Gasteiger partial charge in [-0.15, -0.1) is 0 Å². The Bertz CT molecular complexity index is 652. The molecule has 0 radical (unpaired) electrons. The summed E-state index contributed by atoms with van der Waals surface area (Å²) in [5.41, 5.74) is 0.148. The first-order chi connectivity index (χ1) is 11.7. The van der Waals surface area contributed by atoms with Crippen molar-refractivity contribution in [2.45, 2.75) is 77.2 Å². The van der Waals surface area contributed by atoms with Crippen LogP contribution in [0.5, 0.6) is 0 Å². The van der Waals surface area contributed by atoms with Gasteiger partial charge in [0.25, 0.3) is 0 Å². The highest BCUT2D eigenvalue weighted by atomic mass is 16.4. The van der Waals surface area contributed by atoms with Crippen LogP contribution in [-0.2, 0) is 9.59 Å². The van der Waals surface area contributed by atoms with Crippen molar-refractivity contribution in [3.8, 4) is 0 Å². The van der Waals surface area contributed by atoms with Gasteiger partial charge in [-0.25, -0.2) is 0 Å². The number of rotatable bonds is 2. The molecular weight excluding hydrogens is 316 g/mol. The topological polar surface area (TPSA) is 74.6 Å². The zero-order valence-electron chi connectivity index (χ0n) is 15.4. The SMILES string of the molecule is C[C@]12CC[C@](O)(CC(=O)O)CC1=CC[C@@H]1[C@@H]2CC[C@]2(C)C(=O)CC[C@@H]12. The Morgan fingerprint density at radius 1 is 1.16 bits per heavy atom. The quantitative estimate of drug-likeness (QED) is 0.747. The van der Waals surface area contributed by atoms with E-state index in [2.05, 4.69) is 19.9 Å². The Labute approximate surface area is 149 Å². The fraction of sp³-hybridized carbons (Fsp3) is 0.810. The van der Waals surface area contributed by atoms with Crippen LogP contribution >= 0.6 is 0 Å². The van der Waals surface area contributed by atoms with Gasteiger partial charge in [0, 0.05) is 11.8 Å². The Kier molecular flexibility index (Phi) is 3.74. The predicted molar refractivity (Wildman–Crippen MR) is 93.9 cm³/mol. The maximum Gasteiger partial charge on any atom is 0.306 e. The lowest BCUT2D eigenvalue weighted by Gasteiger charge is -2.58. The summed E-state index contributed by atoms with van der Waals surface area (Å²) in [7, 11) is 0. The minimum atomic E-state index is -1.09. The standard InChI is InChI=1S/C21H30O4/c1-19-9-10-21(25,12-18(23)24)11-13(19)3-4-14-15-5-6-17(22)20(15,2)8-7-16(14)19/h3,14-16,25H,4-12H2,1-2H3,(H,23,24)/t14-,15-,16-,19-,20-,21+/m0/s1. The number of carbonyl (C=O) groups is 2. The van der Waals surface area contributed by atoms with Crippen molar-refractivity contribution in [3.05, 3.63) is 11.6 Å². The summed E-state index contributed by atoms with van der Waals surface area (Å²) in [6.45, 7) is 4.52.